The molecular weight excluding hydrogens is 294 g/mol. The van der Waals surface area contributed by atoms with Gasteiger partial charge in [-0.25, -0.2) is 4.68 Å². The van der Waals surface area contributed by atoms with Gasteiger partial charge in [0.1, 0.15) is 0 Å². The maximum atomic E-state index is 12.8. The molecule has 2 heterocycles. The number of benzene rings is 1. The Morgan fingerprint density at radius 3 is 2.64 bits per heavy atom. The van der Waals surface area contributed by atoms with E-state index in [1.54, 1.807) is 6.20 Å². The lowest BCUT2D eigenvalue weighted by molar-refractivity contribution is 0.0771. The number of carbonyl (C=O) groups excluding carboxylic acids is 1. The van der Waals surface area contributed by atoms with Gasteiger partial charge in [0, 0.05) is 24.6 Å². The molecule has 0 spiro atoms. The van der Waals surface area contributed by atoms with Crippen LogP contribution in [0, 0.1) is 0 Å². The number of aromatic nitrogens is 2. The zero-order valence-corrected chi connectivity index (χ0v) is 13.7. The van der Waals surface area contributed by atoms with Crippen molar-refractivity contribution in [2.45, 2.75) is 19.8 Å². The number of thioether (sulfide) groups is 1. The van der Waals surface area contributed by atoms with Crippen LogP contribution >= 0.6 is 11.8 Å². The molecule has 0 atom stereocenters. The van der Waals surface area contributed by atoms with Crippen LogP contribution in [0.4, 0.5) is 0 Å². The molecular formula is C17H21N3OS. The lowest BCUT2D eigenvalue weighted by Crippen LogP contribution is -2.38. The summed E-state index contributed by atoms with van der Waals surface area (Å²) in [5.74, 6) is 2.19. The molecule has 0 saturated carbocycles. The minimum atomic E-state index is 0.130. The fourth-order valence-electron chi connectivity index (χ4n) is 2.76. The second kappa shape index (κ2) is 7.01. The van der Waals surface area contributed by atoms with Gasteiger partial charge in [-0.05, 0) is 18.6 Å². The number of amides is 1. The largest absolute Gasteiger partial charge is 0.337 e. The van der Waals surface area contributed by atoms with Crippen LogP contribution in [0.15, 0.2) is 36.5 Å². The predicted molar refractivity (Wildman–Crippen MR) is 90.8 cm³/mol. The number of carbonyl (C=O) groups is 1. The molecule has 0 bridgehead atoms. The Labute approximate surface area is 135 Å². The van der Waals surface area contributed by atoms with E-state index < -0.39 is 0 Å². The number of nitrogens with zero attached hydrogens (tertiary/aromatic N) is 3. The maximum absolute atomic E-state index is 12.8. The quantitative estimate of drug-likeness (QED) is 0.870. The molecule has 4 nitrogen and oxygen atoms in total. The predicted octanol–water partition coefficient (Wildman–Crippen LogP) is 3.01. The maximum Gasteiger partial charge on any atom is 0.257 e. The summed E-state index contributed by atoms with van der Waals surface area (Å²) in [5, 5.41) is 4.48. The first-order chi connectivity index (χ1) is 10.8. The minimum Gasteiger partial charge on any atom is -0.337 e. The van der Waals surface area contributed by atoms with Crippen molar-refractivity contribution in [2.24, 2.45) is 0 Å². The van der Waals surface area contributed by atoms with Gasteiger partial charge in [-0.3, -0.25) is 4.79 Å². The number of hydrogen-bond acceptors (Lipinski definition) is 3. The molecule has 1 aliphatic rings. The van der Waals surface area contributed by atoms with Crippen LogP contribution in [-0.4, -0.2) is 45.2 Å². The normalized spacial score (nSPS) is 15.0. The molecule has 2 aromatic rings. The standard InChI is InChI=1S/C17H21N3OS/c1-2-6-16-15(17(21)19-9-11-22-12-10-19)13-18-20(16)14-7-4-3-5-8-14/h3-5,7-8,13H,2,6,9-12H2,1H3. The first kappa shape index (κ1) is 15.2. The van der Waals surface area contributed by atoms with Crippen molar-refractivity contribution in [3.63, 3.8) is 0 Å². The second-order valence-corrected chi connectivity index (χ2v) is 6.63. The number of rotatable bonds is 4. The van der Waals surface area contributed by atoms with E-state index in [0.29, 0.717) is 0 Å². The van der Waals surface area contributed by atoms with Gasteiger partial charge >= 0.3 is 0 Å². The summed E-state index contributed by atoms with van der Waals surface area (Å²) < 4.78 is 1.91. The van der Waals surface area contributed by atoms with E-state index >= 15 is 0 Å². The van der Waals surface area contributed by atoms with Gasteiger partial charge in [-0.1, -0.05) is 31.5 Å². The van der Waals surface area contributed by atoms with Crippen molar-refractivity contribution in [1.82, 2.24) is 14.7 Å². The van der Waals surface area contributed by atoms with Crippen LogP contribution < -0.4 is 0 Å². The zero-order valence-electron chi connectivity index (χ0n) is 12.9. The molecule has 0 unspecified atom stereocenters. The molecule has 0 aliphatic carbocycles. The van der Waals surface area contributed by atoms with E-state index in [9.17, 15) is 4.79 Å². The van der Waals surface area contributed by atoms with Crippen LogP contribution in [-0.2, 0) is 6.42 Å². The molecule has 5 heteroatoms. The average molecular weight is 315 g/mol. The number of hydrogen-bond donors (Lipinski definition) is 0. The fraction of sp³-hybridized carbons (Fsp3) is 0.412. The Balaban J connectivity index is 1.94. The Morgan fingerprint density at radius 2 is 1.95 bits per heavy atom. The van der Waals surface area contributed by atoms with Crippen molar-refractivity contribution >= 4 is 17.7 Å². The molecule has 0 radical (unpaired) electrons. The van der Waals surface area contributed by atoms with Crippen molar-refractivity contribution < 1.29 is 4.79 Å². The van der Waals surface area contributed by atoms with Gasteiger partial charge in [-0.15, -0.1) is 0 Å². The van der Waals surface area contributed by atoms with Crippen molar-refractivity contribution in [2.75, 3.05) is 24.6 Å². The minimum absolute atomic E-state index is 0.130. The van der Waals surface area contributed by atoms with Crippen LogP contribution in [0.1, 0.15) is 29.4 Å². The second-order valence-electron chi connectivity index (χ2n) is 5.41. The average Bonchev–Trinajstić information content (AvgIpc) is 3.00. The number of para-hydroxylation sites is 1. The summed E-state index contributed by atoms with van der Waals surface area (Å²) in [6, 6.07) is 10.0. The van der Waals surface area contributed by atoms with Crippen molar-refractivity contribution in [3.05, 3.63) is 47.8 Å². The van der Waals surface area contributed by atoms with Crippen molar-refractivity contribution in [1.29, 1.82) is 0 Å². The third-order valence-corrected chi connectivity index (χ3v) is 4.83. The van der Waals surface area contributed by atoms with Gasteiger partial charge < -0.3 is 4.90 Å². The topological polar surface area (TPSA) is 38.1 Å². The van der Waals surface area contributed by atoms with E-state index in [2.05, 4.69) is 12.0 Å². The van der Waals surface area contributed by atoms with Crippen molar-refractivity contribution in [3.8, 4) is 5.69 Å². The molecule has 22 heavy (non-hydrogen) atoms. The molecule has 1 aromatic carbocycles. The monoisotopic (exact) mass is 315 g/mol. The third-order valence-electron chi connectivity index (χ3n) is 3.89. The van der Waals surface area contributed by atoms with E-state index in [4.69, 9.17) is 0 Å². The van der Waals surface area contributed by atoms with E-state index in [1.807, 2.05) is 51.7 Å². The highest BCUT2D eigenvalue weighted by molar-refractivity contribution is 7.99. The van der Waals surface area contributed by atoms with Gasteiger partial charge in [0.2, 0.25) is 0 Å². The van der Waals surface area contributed by atoms with Crippen LogP contribution in [0.25, 0.3) is 5.69 Å². The molecule has 1 aromatic heterocycles. The summed E-state index contributed by atoms with van der Waals surface area (Å²) in [6.07, 6.45) is 3.59. The lowest BCUT2D eigenvalue weighted by atomic mass is 10.1. The summed E-state index contributed by atoms with van der Waals surface area (Å²) >= 11 is 1.91. The van der Waals surface area contributed by atoms with Gasteiger partial charge in [0.25, 0.3) is 5.91 Å². The van der Waals surface area contributed by atoms with E-state index in [0.717, 1.165) is 54.4 Å². The first-order valence-electron chi connectivity index (χ1n) is 7.80. The summed E-state index contributed by atoms with van der Waals surface area (Å²) in [7, 11) is 0. The van der Waals surface area contributed by atoms with E-state index in [1.165, 1.54) is 0 Å². The Morgan fingerprint density at radius 1 is 1.23 bits per heavy atom. The van der Waals surface area contributed by atoms with Crippen LogP contribution in [0.2, 0.25) is 0 Å². The highest BCUT2D eigenvalue weighted by atomic mass is 32.2. The van der Waals surface area contributed by atoms with E-state index in [-0.39, 0.29) is 5.91 Å². The highest BCUT2D eigenvalue weighted by Crippen LogP contribution is 2.20. The molecule has 1 amide bonds. The molecule has 116 valence electrons. The fourth-order valence-corrected chi connectivity index (χ4v) is 3.66. The molecule has 1 saturated heterocycles. The summed E-state index contributed by atoms with van der Waals surface area (Å²) in [4.78, 5) is 14.8. The highest BCUT2D eigenvalue weighted by Gasteiger charge is 2.24. The molecule has 1 fully saturated rings. The van der Waals surface area contributed by atoms with Gasteiger partial charge in [0.05, 0.1) is 23.1 Å². The summed E-state index contributed by atoms with van der Waals surface area (Å²) in [6.45, 7) is 3.81. The smallest absolute Gasteiger partial charge is 0.257 e. The van der Waals surface area contributed by atoms with Gasteiger partial charge in [0.15, 0.2) is 0 Å². The lowest BCUT2D eigenvalue weighted by Gasteiger charge is -2.26. The van der Waals surface area contributed by atoms with Crippen LogP contribution in [0.5, 0.6) is 0 Å². The Kier molecular flexibility index (Phi) is 4.83. The Bertz CT molecular complexity index is 633. The van der Waals surface area contributed by atoms with Crippen LogP contribution in [0.3, 0.4) is 0 Å². The third kappa shape index (κ3) is 3.04. The SMILES string of the molecule is CCCc1c(C(=O)N2CCSCC2)cnn1-c1ccccc1. The first-order valence-corrected chi connectivity index (χ1v) is 8.96. The molecule has 0 N–H and O–H groups in total. The van der Waals surface area contributed by atoms with Gasteiger partial charge in [-0.2, -0.15) is 16.9 Å². The molecule has 1 aliphatic heterocycles. The Hall–Kier alpha value is -1.75. The summed E-state index contributed by atoms with van der Waals surface area (Å²) in [5.41, 5.74) is 2.80. The zero-order chi connectivity index (χ0) is 15.4. The molecule has 3 rings (SSSR count).